The Kier molecular flexibility index (Phi) is 7.48. The second-order valence-electron chi connectivity index (χ2n) is 9.61. The van der Waals surface area contributed by atoms with Gasteiger partial charge >= 0.3 is 12.1 Å². The minimum atomic E-state index is -4.71. The average molecular weight is 562 g/mol. The Bertz CT molecular complexity index is 1520. The molecule has 0 atom stereocenters. The maximum absolute atomic E-state index is 14.5. The van der Waals surface area contributed by atoms with E-state index in [0.29, 0.717) is 50.2 Å². The van der Waals surface area contributed by atoms with Gasteiger partial charge in [-0.3, -0.25) is 9.48 Å². The lowest BCUT2D eigenvalue weighted by molar-refractivity contribution is -0.148. The number of aromatic nitrogens is 2. The first-order chi connectivity index (χ1) is 19.1. The van der Waals surface area contributed by atoms with Crippen molar-refractivity contribution >= 4 is 22.6 Å². The molecular weight excluding hydrogens is 536 g/mol. The molecule has 1 fully saturated rings. The molecular formula is C29H25F6N3O2. The number of piperidine rings is 1. The molecule has 0 amide bonds. The predicted octanol–water partition coefficient (Wildman–Crippen LogP) is 6.97. The first-order valence-corrected chi connectivity index (χ1v) is 12.8. The zero-order valence-electron chi connectivity index (χ0n) is 21.4. The maximum atomic E-state index is 14.5. The smallest absolute Gasteiger partial charge is 0.418 e. The van der Waals surface area contributed by atoms with Gasteiger partial charge in [0.05, 0.1) is 30.3 Å². The Balaban J connectivity index is 1.51. The van der Waals surface area contributed by atoms with E-state index in [-0.39, 0.29) is 28.5 Å². The number of hydrogen-bond donors (Lipinski definition) is 0. The fourth-order valence-corrected chi connectivity index (χ4v) is 5.14. The fraction of sp³-hybridized carbons (Fsp3) is 0.310. The van der Waals surface area contributed by atoms with Gasteiger partial charge in [0.15, 0.2) is 0 Å². The molecule has 0 N–H and O–H groups in total. The molecule has 4 aromatic rings. The van der Waals surface area contributed by atoms with Crippen LogP contribution in [0.4, 0.5) is 32.0 Å². The molecule has 210 valence electrons. The quantitative estimate of drug-likeness (QED) is 0.189. The van der Waals surface area contributed by atoms with E-state index < -0.39 is 41.3 Å². The zero-order chi connectivity index (χ0) is 28.6. The number of anilines is 1. The highest BCUT2D eigenvalue weighted by Crippen LogP contribution is 2.39. The summed E-state index contributed by atoms with van der Waals surface area (Å²) >= 11 is 0. The van der Waals surface area contributed by atoms with Crippen LogP contribution in [0.15, 0.2) is 54.6 Å². The molecule has 0 spiro atoms. The molecule has 2 heterocycles. The van der Waals surface area contributed by atoms with Crippen LogP contribution in [0.3, 0.4) is 0 Å². The van der Waals surface area contributed by atoms with Crippen LogP contribution in [0.5, 0.6) is 0 Å². The molecule has 0 aliphatic carbocycles. The van der Waals surface area contributed by atoms with E-state index in [1.54, 1.807) is 31.2 Å². The largest absolute Gasteiger partial charge is 0.466 e. The summed E-state index contributed by atoms with van der Waals surface area (Å²) in [5.41, 5.74) is -0.297. The maximum Gasteiger partial charge on any atom is 0.418 e. The number of hydrogen-bond acceptors (Lipinski definition) is 4. The van der Waals surface area contributed by atoms with Crippen LogP contribution in [-0.4, -0.2) is 35.4 Å². The molecule has 0 unspecified atom stereocenters. The standard InChI is InChI=1S/C29H25F6N3O2/c1-2-40-28(39)18-10-12-37(13-11-18)20-8-6-17(7-9-20)27-21-4-3-5-23(29(33,34)35)26(21)36-38(27)16-22-24(31)14-19(30)15-25(22)32/h3-9,14-15,18H,2,10-13,16H2,1H3. The van der Waals surface area contributed by atoms with Crippen LogP contribution in [0.1, 0.15) is 30.9 Å². The van der Waals surface area contributed by atoms with E-state index in [1.807, 2.05) is 0 Å². The Hall–Kier alpha value is -4.02. The van der Waals surface area contributed by atoms with E-state index in [0.717, 1.165) is 16.4 Å². The Labute approximate surface area is 226 Å². The third kappa shape index (κ3) is 5.37. The van der Waals surface area contributed by atoms with Gasteiger partial charge in [0.25, 0.3) is 0 Å². The number of carbonyl (C=O) groups is 1. The molecule has 40 heavy (non-hydrogen) atoms. The van der Waals surface area contributed by atoms with Gasteiger partial charge in [0.1, 0.15) is 23.0 Å². The lowest BCUT2D eigenvalue weighted by Gasteiger charge is -2.32. The molecule has 0 radical (unpaired) electrons. The summed E-state index contributed by atoms with van der Waals surface area (Å²) in [7, 11) is 0. The molecule has 11 heteroatoms. The number of ether oxygens (including phenoxy) is 1. The Morgan fingerprint density at radius 1 is 1.00 bits per heavy atom. The van der Waals surface area contributed by atoms with Gasteiger partial charge in [-0.2, -0.15) is 18.3 Å². The topological polar surface area (TPSA) is 47.4 Å². The van der Waals surface area contributed by atoms with Crippen LogP contribution in [-0.2, 0) is 22.3 Å². The number of benzene rings is 3. The number of fused-ring (bicyclic) bond motifs is 1. The second-order valence-corrected chi connectivity index (χ2v) is 9.61. The molecule has 0 bridgehead atoms. The van der Waals surface area contributed by atoms with E-state index in [1.165, 1.54) is 12.1 Å². The van der Waals surface area contributed by atoms with Gasteiger partial charge in [-0.05, 0) is 38.0 Å². The molecule has 1 aromatic heterocycles. The summed E-state index contributed by atoms with van der Waals surface area (Å²) in [6, 6.07) is 11.7. The molecule has 1 aliphatic heterocycles. The molecule has 1 aliphatic rings. The number of nitrogens with zero attached hydrogens (tertiary/aromatic N) is 3. The number of halogens is 6. The van der Waals surface area contributed by atoms with Crippen molar-refractivity contribution in [2.45, 2.75) is 32.5 Å². The number of carbonyl (C=O) groups excluding carboxylic acids is 1. The Morgan fingerprint density at radius 3 is 2.25 bits per heavy atom. The first kappa shape index (κ1) is 27.5. The van der Waals surface area contributed by atoms with E-state index in [2.05, 4.69) is 10.00 Å². The first-order valence-electron chi connectivity index (χ1n) is 12.8. The molecule has 5 nitrogen and oxygen atoms in total. The summed E-state index contributed by atoms with van der Waals surface area (Å²) in [6.45, 7) is 2.79. The summed E-state index contributed by atoms with van der Waals surface area (Å²) < 4.78 is 90.1. The summed E-state index contributed by atoms with van der Waals surface area (Å²) in [5, 5.41) is 4.28. The molecule has 3 aromatic carbocycles. The highest BCUT2D eigenvalue weighted by atomic mass is 19.4. The SMILES string of the molecule is CCOC(=O)C1CCN(c2ccc(-c3c4cccc(C(F)(F)F)c4nn3Cc3c(F)cc(F)cc3F)cc2)CC1. The van der Waals surface area contributed by atoms with Gasteiger partial charge in [-0.15, -0.1) is 0 Å². The molecule has 1 saturated heterocycles. The molecule has 5 rings (SSSR count). The van der Waals surface area contributed by atoms with Crippen molar-refractivity contribution in [3.8, 4) is 11.3 Å². The van der Waals surface area contributed by atoms with Crippen LogP contribution in [0, 0.1) is 23.4 Å². The van der Waals surface area contributed by atoms with Crippen molar-refractivity contribution in [1.29, 1.82) is 0 Å². The van der Waals surface area contributed by atoms with Gasteiger partial charge < -0.3 is 9.64 Å². The van der Waals surface area contributed by atoms with Gasteiger partial charge in [0.2, 0.25) is 0 Å². The number of alkyl halides is 3. The molecule has 0 saturated carbocycles. The van der Waals surface area contributed by atoms with Crippen molar-refractivity contribution in [1.82, 2.24) is 9.78 Å². The van der Waals surface area contributed by atoms with Crippen LogP contribution in [0.2, 0.25) is 0 Å². The van der Waals surface area contributed by atoms with Crippen molar-refractivity contribution in [3.05, 3.63) is 83.2 Å². The lowest BCUT2D eigenvalue weighted by Crippen LogP contribution is -2.36. The highest BCUT2D eigenvalue weighted by Gasteiger charge is 2.35. The van der Waals surface area contributed by atoms with Crippen LogP contribution in [0.25, 0.3) is 22.2 Å². The normalized spacial score (nSPS) is 14.6. The monoisotopic (exact) mass is 561 g/mol. The minimum absolute atomic E-state index is 0.153. The number of rotatable bonds is 6. The lowest BCUT2D eigenvalue weighted by atomic mass is 9.96. The van der Waals surface area contributed by atoms with Gasteiger partial charge in [-0.25, -0.2) is 13.2 Å². The van der Waals surface area contributed by atoms with Crippen molar-refractivity contribution in [3.63, 3.8) is 0 Å². The summed E-state index contributed by atoms with van der Waals surface area (Å²) in [5.74, 6) is -3.80. The second kappa shape index (κ2) is 10.9. The van der Waals surface area contributed by atoms with Crippen LogP contribution < -0.4 is 4.90 Å². The van der Waals surface area contributed by atoms with E-state index >= 15 is 0 Å². The minimum Gasteiger partial charge on any atom is -0.466 e. The third-order valence-corrected chi connectivity index (χ3v) is 7.11. The van der Waals surface area contributed by atoms with Crippen LogP contribution >= 0.6 is 0 Å². The average Bonchev–Trinajstić information content (AvgIpc) is 3.28. The van der Waals surface area contributed by atoms with Gasteiger partial charge in [-0.1, -0.05) is 24.3 Å². The predicted molar refractivity (Wildman–Crippen MR) is 137 cm³/mol. The summed E-state index contributed by atoms with van der Waals surface area (Å²) in [6.07, 6.45) is -3.44. The van der Waals surface area contributed by atoms with Crippen molar-refractivity contribution in [2.75, 3.05) is 24.6 Å². The highest BCUT2D eigenvalue weighted by molar-refractivity contribution is 5.95. The van der Waals surface area contributed by atoms with Crippen molar-refractivity contribution in [2.24, 2.45) is 5.92 Å². The van der Waals surface area contributed by atoms with E-state index in [9.17, 15) is 31.1 Å². The van der Waals surface area contributed by atoms with Crippen molar-refractivity contribution < 1.29 is 35.9 Å². The third-order valence-electron chi connectivity index (χ3n) is 7.11. The van der Waals surface area contributed by atoms with E-state index in [4.69, 9.17) is 4.74 Å². The zero-order valence-corrected chi connectivity index (χ0v) is 21.4. The number of esters is 1. The Morgan fingerprint density at radius 2 is 1.65 bits per heavy atom. The van der Waals surface area contributed by atoms with Gasteiger partial charge in [0, 0.05) is 47.4 Å². The summed E-state index contributed by atoms with van der Waals surface area (Å²) in [4.78, 5) is 14.1. The fourth-order valence-electron chi connectivity index (χ4n) is 5.14.